The van der Waals surface area contributed by atoms with E-state index in [1.165, 1.54) is 315 Å². The van der Waals surface area contributed by atoms with Gasteiger partial charge in [-0.1, -0.05) is 359 Å². The van der Waals surface area contributed by atoms with Crippen LogP contribution in [0.15, 0.2) is 24.3 Å². The van der Waals surface area contributed by atoms with Crippen LogP contribution in [0, 0.1) is 0 Å². The number of aliphatic hydroxyl groups is 3. The number of rotatable bonds is 63. The number of carbonyl (C=O) groups excluding carboxylic acids is 1. The van der Waals surface area contributed by atoms with Gasteiger partial charge in [0.15, 0.2) is 0 Å². The molecule has 0 aromatic carbocycles. The highest BCUT2D eigenvalue weighted by Crippen LogP contribution is 2.19. The molecule has 0 saturated carbocycles. The van der Waals surface area contributed by atoms with Crippen molar-refractivity contribution in [2.75, 3.05) is 6.61 Å². The molecule has 5 nitrogen and oxygen atoms in total. The molecule has 4 N–H and O–H groups in total. The Morgan fingerprint density at radius 2 is 0.562 bits per heavy atom. The van der Waals surface area contributed by atoms with Crippen molar-refractivity contribution in [3.63, 3.8) is 0 Å². The average Bonchev–Trinajstić information content (AvgIpc) is 3.40. The van der Waals surface area contributed by atoms with Gasteiger partial charge in [0.1, 0.15) is 6.10 Å². The summed E-state index contributed by atoms with van der Waals surface area (Å²) in [5, 5.41) is 33.7. The molecule has 0 spiro atoms. The van der Waals surface area contributed by atoms with Crippen molar-refractivity contribution in [2.24, 2.45) is 0 Å². The molecule has 5 heteroatoms. The highest BCUT2D eigenvalue weighted by molar-refractivity contribution is 5.80. The average molecular weight is 1030 g/mol. The number of amides is 1. The van der Waals surface area contributed by atoms with Gasteiger partial charge in [0.25, 0.3) is 0 Å². The fourth-order valence-electron chi connectivity index (χ4n) is 10.9. The van der Waals surface area contributed by atoms with E-state index < -0.39 is 24.2 Å². The number of nitrogens with one attached hydrogen (secondary N) is 1. The van der Waals surface area contributed by atoms with Crippen molar-refractivity contribution < 1.29 is 20.1 Å². The first kappa shape index (κ1) is 71.8. The Balaban J connectivity index is 3.47. The standard InChI is InChI=1S/C68H133NO4/c1-3-5-7-9-11-13-15-17-19-21-23-25-27-29-30-31-32-33-34-35-36-37-39-41-43-45-47-49-51-53-55-57-59-61-63-67(72)68(73)69-65(64-70)66(71)62-60-58-56-54-52-50-48-46-44-42-40-38-28-26-24-22-20-18-16-14-12-10-8-6-4-2/h27,29,31-32,65-67,70-72H,3-26,28,30,33-64H2,1-2H3,(H,69,73)/b29-27-,32-31-. The SMILES string of the molecule is CCCCCCCCCCCCC/C=C\C/C=C\CCCCCCCCCCCCCCCCCCC(O)C(=O)NC(CO)C(O)CCCCCCCCCCCCCCCCCCCCCCCCCCC. The van der Waals surface area contributed by atoms with Crippen molar-refractivity contribution in [1.29, 1.82) is 0 Å². The molecule has 0 aliphatic carbocycles. The first-order valence-corrected chi connectivity index (χ1v) is 33.6. The van der Waals surface area contributed by atoms with Crippen molar-refractivity contribution >= 4 is 5.91 Å². The van der Waals surface area contributed by atoms with Crippen molar-refractivity contribution in [3.05, 3.63) is 24.3 Å². The summed E-state index contributed by atoms with van der Waals surface area (Å²) in [6.07, 6.45) is 82.7. The minimum Gasteiger partial charge on any atom is -0.394 e. The van der Waals surface area contributed by atoms with E-state index in [-0.39, 0.29) is 6.61 Å². The minimum absolute atomic E-state index is 0.310. The van der Waals surface area contributed by atoms with Crippen molar-refractivity contribution in [3.8, 4) is 0 Å². The third-order valence-corrected chi connectivity index (χ3v) is 16.1. The monoisotopic (exact) mass is 1030 g/mol. The molecule has 0 fully saturated rings. The fourth-order valence-corrected chi connectivity index (χ4v) is 10.9. The Bertz CT molecular complexity index is 1090. The Kier molecular flexibility index (Phi) is 62.3. The highest BCUT2D eigenvalue weighted by Gasteiger charge is 2.23. The number of carbonyl (C=O) groups is 1. The Morgan fingerprint density at radius 1 is 0.329 bits per heavy atom. The quantitative estimate of drug-likeness (QED) is 0.0361. The zero-order valence-electron chi connectivity index (χ0n) is 49.8. The van der Waals surface area contributed by atoms with Crippen LogP contribution in [0.3, 0.4) is 0 Å². The van der Waals surface area contributed by atoms with Gasteiger partial charge in [-0.3, -0.25) is 4.79 Å². The van der Waals surface area contributed by atoms with Gasteiger partial charge in [-0.2, -0.15) is 0 Å². The summed E-state index contributed by atoms with van der Waals surface area (Å²) in [5.41, 5.74) is 0. The second-order valence-corrected chi connectivity index (χ2v) is 23.4. The van der Waals surface area contributed by atoms with Crippen LogP contribution >= 0.6 is 0 Å². The molecular formula is C68H133NO4. The summed E-state index contributed by atoms with van der Waals surface area (Å²) >= 11 is 0. The van der Waals surface area contributed by atoms with Crippen LogP contribution in [0.25, 0.3) is 0 Å². The lowest BCUT2D eigenvalue weighted by Crippen LogP contribution is -2.49. The number of hydrogen-bond acceptors (Lipinski definition) is 4. The summed E-state index contributed by atoms with van der Waals surface area (Å²) < 4.78 is 0. The second-order valence-electron chi connectivity index (χ2n) is 23.4. The van der Waals surface area contributed by atoms with E-state index in [9.17, 15) is 20.1 Å². The van der Waals surface area contributed by atoms with Crippen LogP contribution in [0.5, 0.6) is 0 Å². The molecule has 73 heavy (non-hydrogen) atoms. The lowest BCUT2D eigenvalue weighted by molar-refractivity contribution is -0.131. The van der Waals surface area contributed by atoms with Crippen LogP contribution < -0.4 is 5.32 Å². The van der Waals surface area contributed by atoms with Gasteiger partial charge >= 0.3 is 0 Å². The van der Waals surface area contributed by atoms with Gasteiger partial charge in [0, 0.05) is 0 Å². The van der Waals surface area contributed by atoms with E-state index >= 15 is 0 Å². The molecule has 0 aliphatic rings. The largest absolute Gasteiger partial charge is 0.394 e. The molecule has 3 unspecified atom stereocenters. The van der Waals surface area contributed by atoms with Gasteiger partial charge < -0.3 is 20.6 Å². The number of aliphatic hydroxyl groups excluding tert-OH is 3. The summed E-state index contributed by atoms with van der Waals surface area (Å²) in [6, 6.07) is -0.712. The predicted molar refractivity (Wildman–Crippen MR) is 324 cm³/mol. The summed E-state index contributed by atoms with van der Waals surface area (Å²) in [5.74, 6) is -0.463. The van der Waals surface area contributed by atoms with E-state index in [0.717, 1.165) is 38.5 Å². The van der Waals surface area contributed by atoms with E-state index in [4.69, 9.17) is 0 Å². The second kappa shape index (κ2) is 63.4. The molecule has 3 atom stereocenters. The first-order chi connectivity index (χ1) is 36.1. The number of hydrogen-bond donors (Lipinski definition) is 4. The molecular weight excluding hydrogens is 895 g/mol. The van der Waals surface area contributed by atoms with Gasteiger partial charge in [-0.15, -0.1) is 0 Å². The predicted octanol–water partition coefficient (Wildman–Crippen LogP) is 21.6. The zero-order valence-corrected chi connectivity index (χ0v) is 49.8. The third kappa shape index (κ3) is 58.4. The molecule has 1 amide bonds. The number of allylic oxidation sites excluding steroid dienone is 4. The Labute approximate surface area is 458 Å². The van der Waals surface area contributed by atoms with Gasteiger partial charge in [0.05, 0.1) is 18.8 Å². The third-order valence-electron chi connectivity index (χ3n) is 16.1. The lowest BCUT2D eigenvalue weighted by Gasteiger charge is -2.23. The van der Waals surface area contributed by atoms with Crippen LogP contribution in [-0.2, 0) is 4.79 Å². The van der Waals surface area contributed by atoms with Crippen LogP contribution in [0.2, 0.25) is 0 Å². The summed E-state index contributed by atoms with van der Waals surface area (Å²) in [4.78, 5) is 12.6. The minimum atomic E-state index is -1.08. The van der Waals surface area contributed by atoms with E-state index in [1.54, 1.807) is 0 Å². The smallest absolute Gasteiger partial charge is 0.249 e. The van der Waals surface area contributed by atoms with Crippen LogP contribution in [0.1, 0.15) is 380 Å². The fraction of sp³-hybridized carbons (Fsp3) is 0.926. The molecule has 0 rings (SSSR count). The topological polar surface area (TPSA) is 89.8 Å². The van der Waals surface area contributed by atoms with Gasteiger partial charge in [0.2, 0.25) is 5.91 Å². The molecule has 0 saturated heterocycles. The Hall–Kier alpha value is -1.17. The van der Waals surface area contributed by atoms with E-state index in [2.05, 4.69) is 43.5 Å². The maximum Gasteiger partial charge on any atom is 0.249 e. The number of unbranched alkanes of at least 4 members (excludes halogenated alkanes) is 51. The molecule has 0 radical (unpaired) electrons. The summed E-state index contributed by atoms with van der Waals surface area (Å²) in [6.45, 7) is 4.28. The van der Waals surface area contributed by atoms with Crippen molar-refractivity contribution in [1.82, 2.24) is 5.32 Å². The molecule has 0 aromatic heterocycles. The molecule has 0 bridgehead atoms. The van der Waals surface area contributed by atoms with Gasteiger partial charge in [-0.05, 0) is 44.9 Å². The molecule has 0 aromatic rings. The van der Waals surface area contributed by atoms with Crippen molar-refractivity contribution in [2.45, 2.75) is 398 Å². The zero-order chi connectivity index (χ0) is 52.9. The molecule has 434 valence electrons. The summed E-state index contributed by atoms with van der Waals surface area (Å²) in [7, 11) is 0. The normalized spacial score (nSPS) is 13.2. The maximum absolute atomic E-state index is 12.6. The van der Waals surface area contributed by atoms with Gasteiger partial charge in [-0.25, -0.2) is 0 Å². The van der Waals surface area contributed by atoms with Crippen LogP contribution in [0.4, 0.5) is 0 Å². The van der Waals surface area contributed by atoms with Crippen LogP contribution in [-0.4, -0.2) is 46.1 Å². The highest BCUT2D eigenvalue weighted by atomic mass is 16.3. The maximum atomic E-state index is 12.6. The Morgan fingerprint density at radius 3 is 0.822 bits per heavy atom. The van der Waals surface area contributed by atoms with E-state index in [0.29, 0.717) is 12.8 Å². The lowest BCUT2D eigenvalue weighted by atomic mass is 10.0. The molecule has 0 aliphatic heterocycles. The first-order valence-electron chi connectivity index (χ1n) is 33.6. The van der Waals surface area contributed by atoms with E-state index in [1.807, 2.05) is 0 Å². The molecule has 0 heterocycles.